The zero-order valence-corrected chi connectivity index (χ0v) is 11.2. The fraction of sp³-hybridized carbons (Fsp3) is 0.385. The lowest BCUT2D eigenvalue weighted by Gasteiger charge is -2.27. The third kappa shape index (κ3) is 2.57. The Balaban J connectivity index is 2.12. The van der Waals surface area contributed by atoms with Crippen molar-refractivity contribution in [2.75, 3.05) is 7.05 Å². The molecule has 1 aromatic rings. The summed E-state index contributed by atoms with van der Waals surface area (Å²) < 4.78 is 1.02. The average molecular weight is 296 g/mol. The Bertz CT molecular complexity index is 458. The van der Waals surface area contributed by atoms with Crippen LogP contribution in [-0.4, -0.2) is 23.8 Å². The fourth-order valence-electron chi connectivity index (χ4n) is 2.10. The van der Waals surface area contributed by atoms with E-state index in [-0.39, 0.29) is 17.7 Å². The molecule has 2 rings (SSSR count). The van der Waals surface area contributed by atoms with Crippen molar-refractivity contribution in [2.24, 2.45) is 5.92 Å². The molecule has 0 aromatic heterocycles. The van der Waals surface area contributed by atoms with Crippen LogP contribution in [0.1, 0.15) is 18.4 Å². The van der Waals surface area contributed by atoms with Gasteiger partial charge >= 0.3 is 0 Å². The van der Waals surface area contributed by atoms with Crippen molar-refractivity contribution in [1.82, 2.24) is 4.90 Å². The van der Waals surface area contributed by atoms with Gasteiger partial charge in [-0.1, -0.05) is 34.1 Å². The number of hydrogen-bond acceptors (Lipinski definition) is 2. The van der Waals surface area contributed by atoms with Crippen molar-refractivity contribution in [1.29, 1.82) is 0 Å². The van der Waals surface area contributed by atoms with Crippen LogP contribution in [0.15, 0.2) is 28.7 Å². The molecule has 1 unspecified atom stereocenters. The molecule has 1 aliphatic rings. The van der Waals surface area contributed by atoms with E-state index in [4.69, 9.17) is 0 Å². The number of likely N-dealkylation sites (tertiary alicyclic amines) is 1. The second-order valence-electron chi connectivity index (χ2n) is 4.32. The first-order valence-corrected chi connectivity index (χ1v) is 6.42. The normalized spacial score (nSPS) is 20.8. The highest BCUT2D eigenvalue weighted by atomic mass is 79.9. The van der Waals surface area contributed by atoms with Gasteiger partial charge in [0.2, 0.25) is 11.8 Å². The van der Waals surface area contributed by atoms with E-state index < -0.39 is 0 Å². The number of amides is 2. The number of benzene rings is 1. The second-order valence-corrected chi connectivity index (χ2v) is 5.18. The Morgan fingerprint density at radius 2 is 2.06 bits per heavy atom. The van der Waals surface area contributed by atoms with E-state index in [1.165, 1.54) is 4.90 Å². The molecule has 0 spiro atoms. The lowest BCUT2D eigenvalue weighted by Crippen LogP contribution is -2.43. The van der Waals surface area contributed by atoms with E-state index in [0.717, 1.165) is 10.0 Å². The summed E-state index contributed by atoms with van der Waals surface area (Å²) in [6, 6.07) is 7.89. The summed E-state index contributed by atoms with van der Waals surface area (Å²) in [5, 5.41) is 0. The van der Waals surface area contributed by atoms with Gasteiger partial charge in [-0.05, 0) is 24.5 Å². The summed E-state index contributed by atoms with van der Waals surface area (Å²) in [4.78, 5) is 24.6. The van der Waals surface area contributed by atoms with Crippen molar-refractivity contribution in [3.05, 3.63) is 34.3 Å². The van der Waals surface area contributed by atoms with Crippen LogP contribution in [0.3, 0.4) is 0 Å². The molecule has 2 amide bonds. The highest BCUT2D eigenvalue weighted by Gasteiger charge is 2.31. The molecule has 3 nitrogen and oxygen atoms in total. The van der Waals surface area contributed by atoms with Crippen LogP contribution in [-0.2, 0) is 16.0 Å². The molecular weight excluding hydrogens is 282 g/mol. The molecular formula is C13H14BrNO2. The number of piperidine rings is 1. The van der Waals surface area contributed by atoms with E-state index in [2.05, 4.69) is 15.9 Å². The van der Waals surface area contributed by atoms with Gasteiger partial charge in [-0.15, -0.1) is 0 Å². The van der Waals surface area contributed by atoms with E-state index in [1.807, 2.05) is 24.3 Å². The number of rotatable bonds is 2. The molecule has 0 bridgehead atoms. The number of halogens is 1. The van der Waals surface area contributed by atoms with Gasteiger partial charge in [0.15, 0.2) is 0 Å². The van der Waals surface area contributed by atoms with Crippen LogP contribution in [0.5, 0.6) is 0 Å². The fourth-order valence-corrected chi connectivity index (χ4v) is 2.55. The van der Waals surface area contributed by atoms with Gasteiger partial charge in [0, 0.05) is 23.9 Å². The zero-order chi connectivity index (χ0) is 12.4. The molecule has 1 heterocycles. The van der Waals surface area contributed by atoms with Crippen LogP contribution in [0.25, 0.3) is 0 Å². The molecule has 0 saturated carbocycles. The molecule has 90 valence electrons. The van der Waals surface area contributed by atoms with Crippen molar-refractivity contribution < 1.29 is 9.59 Å². The maximum atomic E-state index is 11.9. The third-order valence-electron chi connectivity index (χ3n) is 3.18. The Morgan fingerprint density at radius 3 is 2.76 bits per heavy atom. The quantitative estimate of drug-likeness (QED) is 0.786. The second kappa shape index (κ2) is 5.00. The van der Waals surface area contributed by atoms with Gasteiger partial charge in [0.05, 0.1) is 0 Å². The highest BCUT2D eigenvalue weighted by molar-refractivity contribution is 9.10. The first-order chi connectivity index (χ1) is 8.09. The molecule has 0 aliphatic carbocycles. The molecule has 1 aliphatic heterocycles. The first kappa shape index (κ1) is 12.3. The van der Waals surface area contributed by atoms with Gasteiger partial charge in [0.25, 0.3) is 0 Å². The van der Waals surface area contributed by atoms with E-state index in [0.29, 0.717) is 19.3 Å². The van der Waals surface area contributed by atoms with Gasteiger partial charge in [0.1, 0.15) is 0 Å². The smallest absolute Gasteiger partial charge is 0.232 e. The van der Waals surface area contributed by atoms with Crippen molar-refractivity contribution in [3.63, 3.8) is 0 Å². The first-order valence-electron chi connectivity index (χ1n) is 5.63. The van der Waals surface area contributed by atoms with E-state index in [9.17, 15) is 9.59 Å². The van der Waals surface area contributed by atoms with Gasteiger partial charge < -0.3 is 0 Å². The predicted molar refractivity (Wildman–Crippen MR) is 68.3 cm³/mol. The van der Waals surface area contributed by atoms with Crippen molar-refractivity contribution in [3.8, 4) is 0 Å². The van der Waals surface area contributed by atoms with Gasteiger partial charge in [-0.2, -0.15) is 0 Å². The molecule has 1 saturated heterocycles. The maximum Gasteiger partial charge on any atom is 0.232 e. The largest absolute Gasteiger partial charge is 0.286 e. The molecule has 0 N–H and O–H groups in total. The topological polar surface area (TPSA) is 37.4 Å². The summed E-state index contributed by atoms with van der Waals surface area (Å²) in [5.41, 5.74) is 1.12. The molecule has 4 heteroatoms. The zero-order valence-electron chi connectivity index (χ0n) is 9.65. The minimum absolute atomic E-state index is 0.0583. The van der Waals surface area contributed by atoms with Crippen LogP contribution in [0.2, 0.25) is 0 Å². The number of carbonyl (C=O) groups is 2. The predicted octanol–water partition coefficient (Wildman–Crippen LogP) is 2.39. The van der Waals surface area contributed by atoms with Gasteiger partial charge in [-0.25, -0.2) is 0 Å². The summed E-state index contributed by atoms with van der Waals surface area (Å²) in [6.07, 6.45) is 1.82. The number of hydrogen-bond donors (Lipinski definition) is 0. The van der Waals surface area contributed by atoms with Crippen LogP contribution in [0, 0.1) is 5.92 Å². The standard InChI is InChI=1S/C13H14BrNO2/c1-15-12(16)7-6-10(13(15)17)8-9-4-2-3-5-11(9)14/h2-5,10H,6-8H2,1H3. The Kier molecular flexibility index (Phi) is 3.62. The highest BCUT2D eigenvalue weighted by Crippen LogP contribution is 2.25. The lowest BCUT2D eigenvalue weighted by atomic mass is 9.90. The average Bonchev–Trinajstić information content (AvgIpc) is 2.32. The Hall–Kier alpha value is -1.16. The summed E-state index contributed by atoms with van der Waals surface area (Å²) in [5.74, 6) is -0.202. The minimum Gasteiger partial charge on any atom is -0.286 e. The number of nitrogens with zero attached hydrogens (tertiary/aromatic N) is 1. The molecule has 1 aromatic carbocycles. The van der Waals surface area contributed by atoms with Crippen LogP contribution in [0.4, 0.5) is 0 Å². The number of carbonyl (C=O) groups excluding carboxylic acids is 2. The van der Waals surface area contributed by atoms with E-state index in [1.54, 1.807) is 7.05 Å². The molecule has 1 atom stereocenters. The third-order valence-corrected chi connectivity index (χ3v) is 3.96. The summed E-state index contributed by atoms with van der Waals surface area (Å²) in [7, 11) is 1.57. The molecule has 1 fully saturated rings. The van der Waals surface area contributed by atoms with E-state index >= 15 is 0 Å². The van der Waals surface area contributed by atoms with Crippen molar-refractivity contribution >= 4 is 27.7 Å². The SMILES string of the molecule is CN1C(=O)CCC(Cc2ccccc2Br)C1=O. The van der Waals surface area contributed by atoms with Crippen molar-refractivity contribution in [2.45, 2.75) is 19.3 Å². The maximum absolute atomic E-state index is 11.9. The van der Waals surface area contributed by atoms with Gasteiger partial charge in [-0.3, -0.25) is 14.5 Å². The molecule has 17 heavy (non-hydrogen) atoms. The minimum atomic E-state index is -0.0728. The Morgan fingerprint density at radius 1 is 1.35 bits per heavy atom. The molecule has 0 radical (unpaired) electrons. The Labute approximate surface area is 109 Å². The monoisotopic (exact) mass is 295 g/mol. The number of imide groups is 1. The van der Waals surface area contributed by atoms with Crippen LogP contribution >= 0.6 is 15.9 Å². The summed E-state index contributed by atoms with van der Waals surface area (Å²) in [6.45, 7) is 0. The van der Waals surface area contributed by atoms with Crippen LogP contribution < -0.4 is 0 Å². The lowest BCUT2D eigenvalue weighted by molar-refractivity contribution is -0.149. The summed E-state index contributed by atoms with van der Waals surface area (Å²) >= 11 is 3.48.